The monoisotopic (exact) mass is 342 g/mol. The second-order valence-electron chi connectivity index (χ2n) is 4.02. The van der Waals surface area contributed by atoms with Gasteiger partial charge in [0.25, 0.3) is 0 Å². The molecule has 2 aromatic carbocycles. The van der Waals surface area contributed by atoms with E-state index < -0.39 is 11.6 Å². The molecular weight excluding hydrogens is 330 g/mol. The van der Waals surface area contributed by atoms with Crippen LogP contribution in [0.4, 0.5) is 25.8 Å². The Morgan fingerprint density at radius 3 is 2.65 bits per heavy atom. The number of para-hydroxylation sites is 1. The van der Waals surface area contributed by atoms with Crippen molar-refractivity contribution in [2.45, 2.75) is 6.92 Å². The molecular formula is C14H13BrF2N2O. The zero-order chi connectivity index (χ0) is 14.7. The molecule has 0 heterocycles. The van der Waals surface area contributed by atoms with Gasteiger partial charge in [-0.2, -0.15) is 0 Å². The molecule has 0 aromatic heterocycles. The Labute approximate surface area is 123 Å². The van der Waals surface area contributed by atoms with Gasteiger partial charge in [-0.05, 0) is 41.1 Å². The number of nitrogens with two attached hydrogens (primary N) is 1. The number of hydrogen-bond acceptors (Lipinski definition) is 3. The van der Waals surface area contributed by atoms with Crippen molar-refractivity contribution in [3.8, 4) is 5.75 Å². The maximum absolute atomic E-state index is 13.7. The molecule has 6 heteroatoms. The van der Waals surface area contributed by atoms with Crippen LogP contribution in [-0.4, -0.2) is 6.61 Å². The average Bonchev–Trinajstić information content (AvgIpc) is 2.40. The minimum absolute atomic E-state index is 0.124. The molecule has 0 aliphatic rings. The van der Waals surface area contributed by atoms with Crippen LogP contribution in [0.15, 0.2) is 34.8 Å². The Balaban J connectivity index is 2.35. The van der Waals surface area contributed by atoms with Crippen LogP contribution >= 0.6 is 15.9 Å². The summed E-state index contributed by atoms with van der Waals surface area (Å²) in [6, 6.07) is 7.27. The smallest absolute Gasteiger partial charge is 0.149 e. The summed E-state index contributed by atoms with van der Waals surface area (Å²) in [7, 11) is 0. The number of nitrogen functional groups attached to an aromatic ring is 1. The molecule has 0 fully saturated rings. The molecule has 2 aromatic rings. The van der Waals surface area contributed by atoms with Crippen molar-refractivity contribution < 1.29 is 13.5 Å². The Bertz CT molecular complexity index is 635. The molecule has 0 radical (unpaired) electrons. The van der Waals surface area contributed by atoms with Crippen molar-refractivity contribution in [1.82, 2.24) is 0 Å². The van der Waals surface area contributed by atoms with Crippen molar-refractivity contribution in [2.75, 3.05) is 17.7 Å². The second kappa shape index (κ2) is 6.09. The largest absolute Gasteiger partial charge is 0.492 e. The lowest BCUT2D eigenvalue weighted by atomic mass is 10.2. The molecule has 0 aliphatic heterocycles. The first-order valence-electron chi connectivity index (χ1n) is 5.95. The highest BCUT2D eigenvalue weighted by molar-refractivity contribution is 9.10. The molecule has 3 nitrogen and oxygen atoms in total. The summed E-state index contributed by atoms with van der Waals surface area (Å²) >= 11 is 3.01. The van der Waals surface area contributed by atoms with Gasteiger partial charge in [-0.1, -0.05) is 6.07 Å². The average molecular weight is 343 g/mol. The lowest BCUT2D eigenvalue weighted by molar-refractivity contribution is 0.342. The molecule has 0 saturated carbocycles. The molecule has 3 N–H and O–H groups in total. The summed E-state index contributed by atoms with van der Waals surface area (Å²) in [5.41, 5.74) is 6.93. The van der Waals surface area contributed by atoms with Gasteiger partial charge in [0.05, 0.1) is 28.1 Å². The third-order valence-electron chi connectivity index (χ3n) is 2.65. The van der Waals surface area contributed by atoms with Gasteiger partial charge >= 0.3 is 0 Å². The van der Waals surface area contributed by atoms with Crippen LogP contribution < -0.4 is 15.8 Å². The molecule has 106 valence electrons. The predicted molar refractivity (Wildman–Crippen MR) is 79.4 cm³/mol. The summed E-state index contributed by atoms with van der Waals surface area (Å²) in [6.45, 7) is 2.32. The number of nitrogens with one attached hydrogen (secondary N) is 1. The van der Waals surface area contributed by atoms with E-state index in [2.05, 4.69) is 21.2 Å². The van der Waals surface area contributed by atoms with Crippen LogP contribution in [0.3, 0.4) is 0 Å². The third-order valence-corrected chi connectivity index (χ3v) is 3.25. The molecule has 0 aliphatic carbocycles. The van der Waals surface area contributed by atoms with E-state index >= 15 is 0 Å². The van der Waals surface area contributed by atoms with Crippen LogP contribution in [0.25, 0.3) is 0 Å². The van der Waals surface area contributed by atoms with Gasteiger partial charge in [0.15, 0.2) is 0 Å². The van der Waals surface area contributed by atoms with E-state index in [1.54, 1.807) is 18.2 Å². The van der Waals surface area contributed by atoms with Gasteiger partial charge < -0.3 is 15.8 Å². The fraction of sp³-hybridized carbons (Fsp3) is 0.143. The van der Waals surface area contributed by atoms with Crippen molar-refractivity contribution in [3.63, 3.8) is 0 Å². The summed E-state index contributed by atoms with van der Waals surface area (Å²) in [5, 5.41) is 2.83. The van der Waals surface area contributed by atoms with E-state index in [9.17, 15) is 8.78 Å². The van der Waals surface area contributed by atoms with Crippen molar-refractivity contribution in [2.24, 2.45) is 0 Å². The molecule has 0 unspecified atom stereocenters. The lowest BCUT2D eigenvalue weighted by Gasteiger charge is -2.14. The van der Waals surface area contributed by atoms with Crippen molar-refractivity contribution in [1.29, 1.82) is 0 Å². The van der Waals surface area contributed by atoms with Gasteiger partial charge in [-0.25, -0.2) is 8.78 Å². The SMILES string of the molecule is CCOc1cccc(Nc2cc(Br)c(F)cc2F)c1N. The Kier molecular flexibility index (Phi) is 4.44. The summed E-state index contributed by atoms with van der Waals surface area (Å²) < 4.78 is 32.4. The first-order valence-corrected chi connectivity index (χ1v) is 6.75. The van der Waals surface area contributed by atoms with Gasteiger partial charge in [-0.15, -0.1) is 0 Å². The van der Waals surface area contributed by atoms with Crippen LogP contribution in [0.5, 0.6) is 5.75 Å². The quantitative estimate of drug-likeness (QED) is 0.637. The highest BCUT2D eigenvalue weighted by Gasteiger charge is 2.11. The normalized spacial score (nSPS) is 10.4. The number of rotatable bonds is 4. The third kappa shape index (κ3) is 3.01. The number of hydrogen-bond donors (Lipinski definition) is 2. The minimum atomic E-state index is -0.702. The van der Waals surface area contributed by atoms with Gasteiger partial charge in [-0.3, -0.25) is 0 Å². The standard InChI is InChI=1S/C14H13BrF2N2O/c1-2-20-13-5-3-4-11(14(13)18)19-12-6-8(15)9(16)7-10(12)17/h3-7,19H,2,18H2,1H3. The summed E-state index contributed by atoms with van der Waals surface area (Å²) in [5.74, 6) is -0.852. The molecule has 20 heavy (non-hydrogen) atoms. The van der Waals surface area contributed by atoms with E-state index in [0.29, 0.717) is 23.7 Å². The summed E-state index contributed by atoms with van der Waals surface area (Å²) in [4.78, 5) is 0. The van der Waals surface area contributed by atoms with Crippen molar-refractivity contribution in [3.05, 3.63) is 46.4 Å². The zero-order valence-electron chi connectivity index (χ0n) is 10.7. The van der Waals surface area contributed by atoms with Crippen LogP contribution in [0, 0.1) is 11.6 Å². The van der Waals surface area contributed by atoms with Crippen LogP contribution in [-0.2, 0) is 0 Å². The fourth-order valence-corrected chi connectivity index (χ4v) is 2.04. The van der Waals surface area contributed by atoms with Crippen LogP contribution in [0.2, 0.25) is 0 Å². The Hall–Kier alpha value is -1.82. The topological polar surface area (TPSA) is 47.3 Å². The summed E-state index contributed by atoms with van der Waals surface area (Å²) in [6.07, 6.45) is 0. The molecule has 0 amide bonds. The molecule has 2 rings (SSSR count). The maximum atomic E-state index is 13.7. The lowest BCUT2D eigenvalue weighted by Crippen LogP contribution is -2.02. The van der Waals surface area contributed by atoms with Crippen LogP contribution in [0.1, 0.15) is 6.92 Å². The van der Waals surface area contributed by atoms with E-state index in [1.165, 1.54) is 6.07 Å². The fourth-order valence-electron chi connectivity index (χ4n) is 1.70. The van der Waals surface area contributed by atoms with E-state index in [1.807, 2.05) is 6.92 Å². The number of ether oxygens (including phenoxy) is 1. The predicted octanol–water partition coefficient (Wildman–Crippen LogP) is 4.45. The number of anilines is 3. The first kappa shape index (κ1) is 14.6. The van der Waals surface area contributed by atoms with Crippen molar-refractivity contribution >= 4 is 33.0 Å². The van der Waals surface area contributed by atoms with Gasteiger partial charge in [0, 0.05) is 6.07 Å². The van der Waals surface area contributed by atoms with Gasteiger partial charge in [0.1, 0.15) is 17.4 Å². The Morgan fingerprint density at radius 1 is 1.20 bits per heavy atom. The number of benzene rings is 2. The molecule has 0 bridgehead atoms. The second-order valence-corrected chi connectivity index (χ2v) is 4.88. The first-order chi connectivity index (χ1) is 9.52. The van der Waals surface area contributed by atoms with E-state index in [4.69, 9.17) is 10.5 Å². The zero-order valence-corrected chi connectivity index (χ0v) is 12.3. The molecule has 0 saturated heterocycles. The number of halogens is 3. The molecule has 0 spiro atoms. The van der Waals surface area contributed by atoms with E-state index in [0.717, 1.165) is 6.07 Å². The molecule has 0 atom stereocenters. The maximum Gasteiger partial charge on any atom is 0.149 e. The minimum Gasteiger partial charge on any atom is -0.492 e. The highest BCUT2D eigenvalue weighted by atomic mass is 79.9. The van der Waals surface area contributed by atoms with E-state index in [-0.39, 0.29) is 10.2 Å². The highest BCUT2D eigenvalue weighted by Crippen LogP contribution is 2.33. The Morgan fingerprint density at radius 2 is 1.95 bits per heavy atom. The van der Waals surface area contributed by atoms with Gasteiger partial charge in [0.2, 0.25) is 0 Å².